The van der Waals surface area contributed by atoms with Gasteiger partial charge in [0.05, 0.1) is 24.4 Å². The van der Waals surface area contributed by atoms with E-state index in [1.54, 1.807) is 19.2 Å². The van der Waals surface area contributed by atoms with Crippen LogP contribution in [0.5, 0.6) is 5.75 Å². The highest BCUT2D eigenvalue weighted by molar-refractivity contribution is 6.31. The van der Waals surface area contributed by atoms with Crippen LogP contribution in [0.15, 0.2) is 82.7 Å². The van der Waals surface area contributed by atoms with Crippen molar-refractivity contribution < 1.29 is 9.53 Å². The summed E-state index contributed by atoms with van der Waals surface area (Å²) in [5, 5.41) is 7.47. The van der Waals surface area contributed by atoms with Gasteiger partial charge >= 0.3 is 0 Å². The lowest BCUT2D eigenvalue weighted by molar-refractivity contribution is -0.130. The summed E-state index contributed by atoms with van der Waals surface area (Å²) in [5.41, 5.74) is 3.83. The first-order chi connectivity index (χ1) is 16.5. The third kappa shape index (κ3) is 3.76. The molecule has 3 aromatic carbocycles. The number of pyridine rings is 1. The van der Waals surface area contributed by atoms with Gasteiger partial charge in [-0.2, -0.15) is 5.10 Å². The molecule has 0 saturated carbocycles. The molecule has 0 unspecified atom stereocenters. The van der Waals surface area contributed by atoms with Crippen molar-refractivity contribution in [3.63, 3.8) is 0 Å². The maximum Gasteiger partial charge on any atom is 0.258 e. The minimum absolute atomic E-state index is 0.215. The molecule has 0 radical (unpaired) electrons. The van der Waals surface area contributed by atoms with Gasteiger partial charge in [-0.05, 0) is 29.8 Å². The summed E-state index contributed by atoms with van der Waals surface area (Å²) < 4.78 is 5.54. The minimum atomic E-state index is -0.387. The van der Waals surface area contributed by atoms with Gasteiger partial charge in [0.1, 0.15) is 5.75 Å². The summed E-state index contributed by atoms with van der Waals surface area (Å²) in [5.74, 6) is 0.449. The van der Waals surface area contributed by atoms with E-state index in [2.05, 4.69) is 10.1 Å². The van der Waals surface area contributed by atoms with Crippen LogP contribution in [-0.4, -0.2) is 28.7 Å². The Morgan fingerprint density at radius 3 is 2.53 bits per heavy atom. The number of hydrogen-bond acceptors (Lipinski definition) is 4. The fourth-order valence-corrected chi connectivity index (χ4v) is 4.75. The maximum absolute atomic E-state index is 13.4. The van der Waals surface area contributed by atoms with Gasteiger partial charge < -0.3 is 9.72 Å². The number of ether oxygens (including phenoxy) is 1. The van der Waals surface area contributed by atoms with E-state index < -0.39 is 0 Å². The minimum Gasteiger partial charge on any atom is -0.496 e. The van der Waals surface area contributed by atoms with E-state index in [0.29, 0.717) is 34.0 Å². The maximum atomic E-state index is 13.4. The molecular formula is C27H22ClN3O3. The highest BCUT2D eigenvalue weighted by Crippen LogP contribution is 2.39. The van der Waals surface area contributed by atoms with Gasteiger partial charge in [-0.25, -0.2) is 5.01 Å². The molecule has 0 spiro atoms. The van der Waals surface area contributed by atoms with Crippen molar-refractivity contribution in [2.24, 2.45) is 5.10 Å². The number of amides is 1. The highest BCUT2D eigenvalue weighted by atomic mass is 35.5. The lowest BCUT2D eigenvalue weighted by Crippen LogP contribution is -2.24. The van der Waals surface area contributed by atoms with Crippen molar-refractivity contribution in [2.75, 3.05) is 7.11 Å². The molecule has 170 valence electrons. The largest absolute Gasteiger partial charge is 0.496 e. The summed E-state index contributed by atoms with van der Waals surface area (Å²) >= 11 is 6.34. The average Bonchev–Trinajstić information content (AvgIpc) is 3.29. The first-order valence-corrected chi connectivity index (χ1v) is 11.3. The van der Waals surface area contributed by atoms with Crippen molar-refractivity contribution in [3.05, 3.63) is 99.3 Å². The predicted octanol–water partition coefficient (Wildman–Crippen LogP) is 5.55. The summed E-state index contributed by atoms with van der Waals surface area (Å²) in [7, 11) is 1.60. The van der Waals surface area contributed by atoms with Crippen LogP contribution in [0.3, 0.4) is 0 Å². The second kappa shape index (κ2) is 8.80. The van der Waals surface area contributed by atoms with Crippen LogP contribution in [0.25, 0.3) is 22.0 Å². The standard InChI is InChI=1S/C27H22ClN3O3/c1-16(32)31-23(19-10-6-7-11-24(19)34-2)15-22(30-31)26-25(17-8-4-3-5-9-17)20-14-18(28)12-13-21(20)29-27(26)33/h3-14,23H,15H2,1-2H3,(H,29,33)/t23-/m0/s1. The number of carbonyl (C=O) groups is 1. The zero-order valence-corrected chi connectivity index (χ0v) is 19.5. The fraction of sp³-hybridized carbons (Fsp3) is 0.148. The van der Waals surface area contributed by atoms with E-state index in [4.69, 9.17) is 16.3 Å². The monoisotopic (exact) mass is 471 g/mol. The molecule has 6 nitrogen and oxygen atoms in total. The summed E-state index contributed by atoms with van der Waals surface area (Å²) in [6.07, 6.45) is 0.370. The molecule has 34 heavy (non-hydrogen) atoms. The number of hydrogen-bond donors (Lipinski definition) is 1. The lowest BCUT2D eigenvalue weighted by Gasteiger charge is -2.22. The number of fused-ring (bicyclic) bond motifs is 1. The molecule has 0 fully saturated rings. The van der Waals surface area contributed by atoms with Crippen molar-refractivity contribution in [1.29, 1.82) is 0 Å². The number of aromatic nitrogens is 1. The number of halogens is 1. The van der Waals surface area contributed by atoms with E-state index in [-0.39, 0.29) is 17.5 Å². The number of hydrazone groups is 1. The van der Waals surface area contributed by atoms with Crippen LogP contribution >= 0.6 is 11.6 Å². The van der Waals surface area contributed by atoms with E-state index in [1.807, 2.05) is 60.7 Å². The van der Waals surface area contributed by atoms with Crippen LogP contribution in [0.1, 0.15) is 30.5 Å². The number of nitrogens with zero attached hydrogens (tertiary/aromatic N) is 2. The number of aromatic amines is 1. The van der Waals surface area contributed by atoms with Gasteiger partial charge in [-0.15, -0.1) is 0 Å². The molecule has 1 aliphatic heterocycles. The van der Waals surface area contributed by atoms with Gasteiger partial charge in [-0.1, -0.05) is 60.1 Å². The smallest absolute Gasteiger partial charge is 0.258 e. The number of benzene rings is 3. The molecule has 1 atom stereocenters. The lowest BCUT2D eigenvalue weighted by atomic mass is 9.91. The van der Waals surface area contributed by atoms with Crippen LogP contribution < -0.4 is 10.3 Å². The molecule has 1 N–H and O–H groups in total. The topological polar surface area (TPSA) is 74.8 Å². The van der Waals surface area contributed by atoms with E-state index >= 15 is 0 Å². The molecular weight excluding hydrogens is 450 g/mol. The molecule has 5 rings (SSSR count). The summed E-state index contributed by atoms with van der Waals surface area (Å²) in [6, 6.07) is 22.2. The zero-order valence-electron chi connectivity index (χ0n) is 18.7. The van der Waals surface area contributed by atoms with E-state index in [1.165, 1.54) is 11.9 Å². The van der Waals surface area contributed by atoms with Crippen LogP contribution in [0.2, 0.25) is 5.02 Å². The Morgan fingerprint density at radius 2 is 1.79 bits per heavy atom. The van der Waals surface area contributed by atoms with E-state index in [0.717, 1.165) is 22.1 Å². The van der Waals surface area contributed by atoms with E-state index in [9.17, 15) is 9.59 Å². The number of rotatable bonds is 4. The molecule has 1 aliphatic rings. The molecule has 2 heterocycles. The third-order valence-corrected chi connectivity index (χ3v) is 6.29. The Kier molecular flexibility index (Phi) is 5.67. The molecule has 1 aromatic heterocycles. The molecule has 0 saturated heterocycles. The SMILES string of the molecule is COc1ccccc1[C@@H]1CC(c2c(-c3ccccc3)c3cc(Cl)ccc3[nH]c2=O)=NN1C(C)=O. The summed E-state index contributed by atoms with van der Waals surface area (Å²) in [6.45, 7) is 1.47. The van der Waals surface area contributed by atoms with Crippen LogP contribution in [0, 0.1) is 0 Å². The Hall–Kier alpha value is -3.90. The molecule has 7 heteroatoms. The van der Waals surface area contributed by atoms with Gasteiger partial charge in [0.2, 0.25) is 5.91 Å². The first-order valence-electron chi connectivity index (χ1n) is 10.9. The van der Waals surface area contributed by atoms with Crippen LogP contribution in [-0.2, 0) is 4.79 Å². The number of methoxy groups -OCH3 is 1. The molecule has 0 aliphatic carbocycles. The molecule has 1 amide bonds. The second-order valence-corrected chi connectivity index (χ2v) is 8.57. The third-order valence-electron chi connectivity index (χ3n) is 6.06. The van der Waals surface area contributed by atoms with Crippen LogP contribution in [0.4, 0.5) is 0 Å². The number of carbonyl (C=O) groups excluding carboxylic acids is 1. The normalized spacial score (nSPS) is 15.4. The Balaban J connectivity index is 1.75. The Labute approximate surface area is 201 Å². The van der Waals surface area contributed by atoms with Crippen molar-refractivity contribution >= 4 is 34.1 Å². The van der Waals surface area contributed by atoms with Gasteiger partial charge in [-0.3, -0.25) is 9.59 Å². The van der Waals surface area contributed by atoms with Crippen molar-refractivity contribution in [1.82, 2.24) is 9.99 Å². The highest BCUT2D eigenvalue weighted by Gasteiger charge is 2.35. The number of nitrogens with one attached hydrogen (secondary N) is 1. The van der Waals surface area contributed by atoms with Gasteiger partial charge in [0.25, 0.3) is 5.56 Å². The predicted molar refractivity (Wildman–Crippen MR) is 134 cm³/mol. The fourth-order valence-electron chi connectivity index (χ4n) is 4.58. The average molecular weight is 472 g/mol. The quantitative estimate of drug-likeness (QED) is 0.423. The van der Waals surface area contributed by atoms with Crippen molar-refractivity contribution in [2.45, 2.75) is 19.4 Å². The Morgan fingerprint density at radius 1 is 1.06 bits per heavy atom. The zero-order chi connectivity index (χ0) is 23.8. The number of para-hydroxylation sites is 1. The second-order valence-electron chi connectivity index (χ2n) is 8.13. The van der Waals surface area contributed by atoms with Gasteiger partial charge in [0, 0.05) is 40.4 Å². The van der Waals surface area contributed by atoms with Gasteiger partial charge in [0.15, 0.2) is 0 Å². The summed E-state index contributed by atoms with van der Waals surface area (Å²) in [4.78, 5) is 29.0. The number of H-pyrrole nitrogens is 1. The Bertz CT molecular complexity index is 1490. The van der Waals surface area contributed by atoms with Crippen molar-refractivity contribution in [3.8, 4) is 16.9 Å². The molecule has 4 aromatic rings. The molecule has 0 bridgehead atoms. The first kappa shape index (κ1) is 21.9.